The highest BCUT2D eigenvalue weighted by atomic mass is 32.1. The molecule has 0 bridgehead atoms. The SMILES string of the molecule is CCCCN(C)CCCC.CNCc1cccc2ccccc12.CO.Cc1ccccc1.OCc1ccc(O)s1. The van der Waals surface area contributed by atoms with Crippen LogP contribution in [0.3, 0.4) is 0 Å². The first-order chi connectivity index (χ1) is 19.4. The zero-order valence-corrected chi connectivity index (χ0v) is 26.3. The molecular formula is C34H52N2O3S. The van der Waals surface area contributed by atoms with Gasteiger partial charge in [-0.25, -0.2) is 0 Å². The van der Waals surface area contributed by atoms with Gasteiger partial charge in [0.15, 0.2) is 5.06 Å². The van der Waals surface area contributed by atoms with Crippen molar-refractivity contribution in [1.82, 2.24) is 10.2 Å². The van der Waals surface area contributed by atoms with Crippen LogP contribution in [-0.2, 0) is 13.2 Å². The summed E-state index contributed by atoms with van der Waals surface area (Å²) in [4.78, 5) is 3.22. The van der Waals surface area contributed by atoms with E-state index in [1.165, 1.54) is 72.0 Å². The van der Waals surface area contributed by atoms with Gasteiger partial charge in [-0.2, -0.15) is 0 Å². The third-order valence-electron chi connectivity index (χ3n) is 5.78. The summed E-state index contributed by atoms with van der Waals surface area (Å²) in [6.07, 6.45) is 5.33. The Labute approximate surface area is 247 Å². The fraction of sp³-hybridized carbons (Fsp3) is 0.412. The molecule has 1 aromatic heterocycles. The number of thiophene rings is 1. The summed E-state index contributed by atoms with van der Waals surface area (Å²) in [5.41, 5.74) is 2.68. The predicted octanol–water partition coefficient (Wildman–Crippen LogP) is 7.63. The number of hydrogen-bond acceptors (Lipinski definition) is 6. The molecule has 0 aliphatic carbocycles. The fourth-order valence-corrected chi connectivity index (χ4v) is 4.20. The minimum absolute atomic E-state index is 0.0191. The number of nitrogens with one attached hydrogen (secondary N) is 1. The van der Waals surface area contributed by atoms with Gasteiger partial charge in [-0.15, -0.1) is 11.3 Å². The Morgan fingerprint density at radius 2 is 1.35 bits per heavy atom. The molecule has 3 aromatic carbocycles. The Kier molecular flexibility index (Phi) is 23.5. The highest BCUT2D eigenvalue weighted by Crippen LogP contribution is 2.21. The molecule has 40 heavy (non-hydrogen) atoms. The molecule has 1 heterocycles. The van der Waals surface area contributed by atoms with Crippen LogP contribution >= 0.6 is 11.3 Å². The molecule has 0 aliphatic rings. The topological polar surface area (TPSA) is 76.0 Å². The first-order valence-corrected chi connectivity index (χ1v) is 14.9. The summed E-state index contributed by atoms with van der Waals surface area (Å²) < 4.78 is 0. The van der Waals surface area contributed by atoms with Crippen molar-refractivity contribution < 1.29 is 15.3 Å². The van der Waals surface area contributed by atoms with Crippen LogP contribution in [0.4, 0.5) is 0 Å². The minimum Gasteiger partial charge on any atom is -0.499 e. The number of unbranched alkanes of at least 4 members (excludes halogenated alkanes) is 2. The van der Waals surface area contributed by atoms with Gasteiger partial charge in [-0.05, 0) is 75.4 Å². The molecule has 0 radical (unpaired) electrons. The van der Waals surface area contributed by atoms with Crippen LogP contribution in [0.15, 0.2) is 84.9 Å². The zero-order chi connectivity index (χ0) is 30.0. The monoisotopic (exact) mass is 568 g/mol. The number of aryl methyl sites for hydroxylation is 1. The molecule has 0 fully saturated rings. The van der Waals surface area contributed by atoms with E-state index in [1.807, 2.05) is 25.2 Å². The van der Waals surface area contributed by atoms with E-state index in [-0.39, 0.29) is 11.7 Å². The summed E-state index contributed by atoms with van der Waals surface area (Å²) in [5, 5.41) is 30.2. The van der Waals surface area contributed by atoms with Crippen molar-refractivity contribution in [3.8, 4) is 5.06 Å². The maximum absolute atomic E-state index is 8.69. The lowest BCUT2D eigenvalue weighted by atomic mass is 10.0. The highest BCUT2D eigenvalue weighted by molar-refractivity contribution is 7.13. The first kappa shape index (κ1) is 37.3. The van der Waals surface area contributed by atoms with Gasteiger partial charge < -0.3 is 25.5 Å². The number of hydrogen-bond donors (Lipinski definition) is 4. The number of fused-ring (bicyclic) bond motifs is 1. The van der Waals surface area contributed by atoms with E-state index in [4.69, 9.17) is 15.3 Å². The van der Waals surface area contributed by atoms with Gasteiger partial charge in [0, 0.05) is 18.5 Å². The van der Waals surface area contributed by atoms with Gasteiger partial charge >= 0.3 is 0 Å². The molecular weight excluding hydrogens is 516 g/mol. The number of aliphatic hydroxyl groups excluding tert-OH is 2. The van der Waals surface area contributed by atoms with Crippen molar-refractivity contribution in [3.63, 3.8) is 0 Å². The minimum atomic E-state index is 0.0191. The Morgan fingerprint density at radius 1 is 0.775 bits per heavy atom. The molecule has 0 saturated carbocycles. The second-order valence-corrected chi connectivity index (χ2v) is 10.4. The Bertz CT molecular complexity index is 1090. The largest absolute Gasteiger partial charge is 0.499 e. The zero-order valence-electron chi connectivity index (χ0n) is 25.4. The van der Waals surface area contributed by atoms with E-state index in [0.717, 1.165) is 18.5 Å². The second kappa shape index (κ2) is 25.2. The number of rotatable bonds is 9. The van der Waals surface area contributed by atoms with Crippen molar-refractivity contribution in [2.45, 2.75) is 59.6 Å². The molecule has 0 unspecified atom stereocenters. The maximum Gasteiger partial charge on any atom is 0.171 e. The lowest BCUT2D eigenvalue weighted by molar-refractivity contribution is 0.285. The molecule has 0 amide bonds. The van der Waals surface area contributed by atoms with Crippen LogP contribution in [0.25, 0.3) is 10.8 Å². The van der Waals surface area contributed by atoms with Gasteiger partial charge in [0.1, 0.15) is 0 Å². The fourth-order valence-electron chi connectivity index (χ4n) is 3.59. The van der Waals surface area contributed by atoms with Crippen LogP contribution in [0.2, 0.25) is 0 Å². The average Bonchev–Trinajstić information content (AvgIpc) is 3.43. The van der Waals surface area contributed by atoms with Gasteiger partial charge in [0.05, 0.1) is 6.61 Å². The number of aliphatic hydroxyl groups is 2. The number of nitrogens with zero attached hydrogens (tertiary/aromatic N) is 1. The quantitative estimate of drug-likeness (QED) is 0.167. The molecule has 0 spiro atoms. The van der Waals surface area contributed by atoms with Crippen molar-refractivity contribution in [1.29, 1.82) is 0 Å². The van der Waals surface area contributed by atoms with E-state index < -0.39 is 0 Å². The van der Waals surface area contributed by atoms with E-state index in [1.54, 1.807) is 12.1 Å². The number of aromatic hydroxyl groups is 1. The van der Waals surface area contributed by atoms with Gasteiger partial charge in [0.2, 0.25) is 0 Å². The van der Waals surface area contributed by atoms with Crippen molar-refractivity contribution >= 4 is 22.1 Å². The Morgan fingerprint density at radius 3 is 1.80 bits per heavy atom. The van der Waals surface area contributed by atoms with Crippen molar-refractivity contribution in [3.05, 3.63) is 101 Å². The van der Waals surface area contributed by atoms with Gasteiger partial charge in [-0.1, -0.05) is 105 Å². The molecule has 0 atom stereocenters. The summed E-state index contributed by atoms with van der Waals surface area (Å²) in [5.74, 6) is 0. The summed E-state index contributed by atoms with van der Waals surface area (Å²) in [6.45, 7) is 10.1. The lowest BCUT2D eigenvalue weighted by Gasteiger charge is -2.14. The highest BCUT2D eigenvalue weighted by Gasteiger charge is 1.97. The summed E-state index contributed by atoms with van der Waals surface area (Å²) >= 11 is 1.19. The third-order valence-corrected chi connectivity index (χ3v) is 6.65. The molecule has 222 valence electrons. The van der Waals surface area contributed by atoms with E-state index in [2.05, 4.69) is 92.6 Å². The first-order valence-electron chi connectivity index (χ1n) is 14.1. The van der Waals surface area contributed by atoms with Crippen LogP contribution in [0.1, 0.15) is 55.5 Å². The molecule has 6 heteroatoms. The summed E-state index contributed by atoms with van der Waals surface area (Å²) in [7, 11) is 5.19. The molecule has 0 aliphatic heterocycles. The molecule has 4 rings (SSSR count). The lowest BCUT2D eigenvalue weighted by Crippen LogP contribution is -2.20. The van der Waals surface area contributed by atoms with E-state index in [0.29, 0.717) is 0 Å². The third kappa shape index (κ3) is 17.8. The normalized spacial score (nSPS) is 9.72. The van der Waals surface area contributed by atoms with E-state index >= 15 is 0 Å². The van der Waals surface area contributed by atoms with E-state index in [9.17, 15) is 0 Å². The van der Waals surface area contributed by atoms with Crippen molar-refractivity contribution in [2.75, 3.05) is 34.3 Å². The molecule has 5 nitrogen and oxygen atoms in total. The Hall–Kier alpha value is -2.74. The summed E-state index contributed by atoms with van der Waals surface area (Å²) in [6, 6.07) is 28.4. The van der Waals surface area contributed by atoms with Crippen molar-refractivity contribution in [2.24, 2.45) is 0 Å². The molecule has 4 N–H and O–H groups in total. The second-order valence-electron chi connectivity index (χ2n) is 9.23. The van der Waals surface area contributed by atoms with Crippen LogP contribution < -0.4 is 5.32 Å². The van der Waals surface area contributed by atoms with Crippen LogP contribution in [0, 0.1) is 6.92 Å². The van der Waals surface area contributed by atoms with Gasteiger partial charge in [-0.3, -0.25) is 0 Å². The average molecular weight is 569 g/mol. The molecule has 4 aromatic rings. The smallest absolute Gasteiger partial charge is 0.171 e. The number of benzene rings is 3. The van der Waals surface area contributed by atoms with Gasteiger partial charge in [0.25, 0.3) is 0 Å². The standard InChI is InChI=1S/C12H13N.C9H21N.C7H8.C5H6O2S.CH4O/c1-13-9-11-7-4-6-10-5-2-3-8-12(10)11;1-4-6-8-10(3)9-7-5-2;1-7-5-3-2-4-6-7;6-3-4-1-2-5(7)8-4;1-2/h2-8,13H,9H2,1H3;4-9H2,1-3H3;2-6H,1H3;1-2,6-7H,3H2;2H,1H3. The predicted molar refractivity (Wildman–Crippen MR) is 175 cm³/mol. The van der Waals surface area contributed by atoms with Crippen LogP contribution in [-0.4, -0.2) is 54.5 Å². The molecule has 0 saturated heterocycles. The Balaban J connectivity index is 0.000000510. The van der Waals surface area contributed by atoms with Crippen LogP contribution in [0.5, 0.6) is 5.06 Å². The maximum atomic E-state index is 8.69.